The first-order valence-electron chi connectivity index (χ1n) is 5.47. The second-order valence-corrected chi connectivity index (χ2v) is 5.43. The molecule has 3 nitrogen and oxygen atoms in total. The average molecular weight is 197 g/mol. The van der Waals surface area contributed by atoms with Crippen LogP contribution in [-0.2, 0) is 4.74 Å². The van der Waals surface area contributed by atoms with Crippen LogP contribution in [0.2, 0.25) is 0 Å². The van der Waals surface area contributed by atoms with Gasteiger partial charge in [-0.2, -0.15) is 0 Å². The van der Waals surface area contributed by atoms with Crippen LogP contribution in [0, 0.1) is 11.8 Å². The summed E-state index contributed by atoms with van der Waals surface area (Å²) in [4.78, 5) is 11.4. The number of carbonyl (C=O) groups is 1. The van der Waals surface area contributed by atoms with Gasteiger partial charge in [0.2, 0.25) is 0 Å². The van der Waals surface area contributed by atoms with Crippen molar-refractivity contribution in [1.29, 1.82) is 0 Å². The summed E-state index contributed by atoms with van der Waals surface area (Å²) < 4.78 is 5.20. The Morgan fingerprint density at radius 2 is 1.86 bits per heavy atom. The van der Waals surface area contributed by atoms with Gasteiger partial charge in [0.1, 0.15) is 5.60 Å². The standard InChI is InChI=1S/C11H19NO2/c1-11(2,3)14-10(13)12-9-7-5-4-6-8(7)9/h7-9H,4-6H2,1-3H3,(H,12,13). The topological polar surface area (TPSA) is 38.3 Å². The zero-order valence-corrected chi connectivity index (χ0v) is 9.17. The molecule has 2 atom stereocenters. The van der Waals surface area contributed by atoms with Gasteiger partial charge in [0, 0.05) is 6.04 Å². The number of rotatable bonds is 1. The van der Waals surface area contributed by atoms with Crippen LogP contribution in [-0.4, -0.2) is 17.7 Å². The monoisotopic (exact) mass is 197 g/mol. The van der Waals surface area contributed by atoms with Crippen molar-refractivity contribution in [1.82, 2.24) is 5.32 Å². The largest absolute Gasteiger partial charge is 0.444 e. The third-order valence-corrected chi connectivity index (χ3v) is 3.09. The molecule has 1 N–H and O–H groups in total. The molecule has 0 aromatic heterocycles. The summed E-state index contributed by atoms with van der Waals surface area (Å²) in [5, 5.41) is 2.95. The Bertz CT molecular complexity index is 234. The molecule has 0 radical (unpaired) electrons. The molecule has 0 aromatic carbocycles. The van der Waals surface area contributed by atoms with E-state index in [9.17, 15) is 4.79 Å². The van der Waals surface area contributed by atoms with Crippen molar-refractivity contribution in [3.05, 3.63) is 0 Å². The molecule has 0 saturated heterocycles. The number of carbonyl (C=O) groups excluding carboxylic acids is 1. The third kappa shape index (κ3) is 2.02. The Morgan fingerprint density at radius 3 is 2.36 bits per heavy atom. The Hall–Kier alpha value is -0.730. The highest BCUT2D eigenvalue weighted by atomic mass is 16.6. The molecule has 2 fully saturated rings. The maximum atomic E-state index is 11.4. The Balaban J connectivity index is 1.74. The zero-order chi connectivity index (χ0) is 10.3. The Kier molecular flexibility index (Phi) is 2.20. The summed E-state index contributed by atoms with van der Waals surface area (Å²) >= 11 is 0. The molecule has 0 aromatic rings. The van der Waals surface area contributed by atoms with E-state index in [0.717, 1.165) is 11.8 Å². The molecule has 2 saturated carbocycles. The lowest BCUT2D eigenvalue weighted by Gasteiger charge is -2.20. The Morgan fingerprint density at radius 1 is 1.29 bits per heavy atom. The lowest BCUT2D eigenvalue weighted by molar-refractivity contribution is 0.0517. The summed E-state index contributed by atoms with van der Waals surface area (Å²) in [6, 6.07) is 0.415. The quantitative estimate of drug-likeness (QED) is 0.700. The number of hydrogen-bond acceptors (Lipinski definition) is 2. The molecule has 3 heteroatoms. The zero-order valence-electron chi connectivity index (χ0n) is 9.17. The van der Waals surface area contributed by atoms with Gasteiger partial charge in [0.25, 0.3) is 0 Å². The van der Waals surface area contributed by atoms with E-state index in [1.165, 1.54) is 19.3 Å². The molecule has 2 rings (SSSR count). The van der Waals surface area contributed by atoms with Crippen LogP contribution in [0.5, 0.6) is 0 Å². The fraction of sp³-hybridized carbons (Fsp3) is 0.909. The maximum Gasteiger partial charge on any atom is 0.407 e. The lowest BCUT2D eigenvalue weighted by Crippen LogP contribution is -2.35. The van der Waals surface area contributed by atoms with E-state index in [1.807, 2.05) is 20.8 Å². The second kappa shape index (κ2) is 3.14. The van der Waals surface area contributed by atoms with Crippen LogP contribution >= 0.6 is 0 Å². The molecule has 0 heterocycles. The van der Waals surface area contributed by atoms with Gasteiger partial charge in [-0.05, 0) is 45.4 Å². The summed E-state index contributed by atoms with van der Waals surface area (Å²) in [5.74, 6) is 1.50. The second-order valence-electron chi connectivity index (χ2n) is 5.43. The van der Waals surface area contributed by atoms with Crippen LogP contribution in [0.15, 0.2) is 0 Å². The fourth-order valence-corrected chi connectivity index (χ4v) is 2.48. The van der Waals surface area contributed by atoms with E-state index in [2.05, 4.69) is 5.32 Å². The minimum Gasteiger partial charge on any atom is -0.444 e. The minimum absolute atomic E-state index is 0.253. The molecule has 1 amide bonds. The molecule has 2 aliphatic rings. The minimum atomic E-state index is -0.381. The molecule has 2 aliphatic carbocycles. The van der Waals surface area contributed by atoms with E-state index in [0.29, 0.717) is 6.04 Å². The van der Waals surface area contributed by atoms with Crippen LogP contribution in [0.4, 0.5) is 4.79 Å². The first-order chi connectivity index (χ1) is 6.47. The normalized spacial score (nSPS) is 34.9. The van der Waals surface area contributed by atoms with Crippen LogP contribution in [0.3, 0.4) is 0 Å². The van der Waals surface area contributed by atoms with Crippen molar-refractivity contribution in [3.8, 4) is 0 Å². The Labute approximate surface area is 85.2 Å². The number of fused-ring (bicyclic) bond motifs is 1. The predicted octanol–water partition coefficient (Wildman–Crippen LogP) is 2.31. The van der Waals surface area contributed by atoms with Crippen LogP contribution in [0.1, 0.15) is 40.0 Å². The number of nitrogens with one attached hydrogen (secondary N) is 1. The van der Waals surface area contributed by atoms with E-state index in [-0.39, 0.29) is 11.7 Å². The molecule has 80 valence electrons. The van der Waals surface area contributed by atoms with Gasteiger partial charge in [-0.25, -0.2) is 4.79 Å². The van der Waals surface area contributed by atoms with E-state index in [1.54, 1.807) is 0 Å². The molecular formula is C11H19NO2. The number of ether oxygens (including phenoxy) is 1. The van der Waals surface area contributed by atoms with E-state index in [4.69, 9.17) is 4.74 Å². The van der Waals surface area contributed by atoms with Crippen molar-refractivity contribution in [2.45, 2.75) is 51.7 Å². The number of hydrogen-bond donors (Lipinski definition) is 1. The van der Waals surface area contributed by atoms with E-state index >= 15 is 0 Å². The lowest BCUT2D eigenvalue weighted by atomic mass is 10.2. The molecule has 0 bridgehead atoms. The highest BCUT2D eigenvalue weighted by Gasteiger charge is 2.53. The number of amides is 1. The first-order valence-corrected chi connectivity index (χ1v) is 5.47. The van der Waals surface area contributed by atoms with Gasteiger partial charge < -0.3 is 10.1 Å². The summed E-state index contributed by atoms with van der Waals surface area (Å²) in [6.07, 6.45) is 3.65. The SMILES string of the molecule is CC(C)(C)OC(=O)NC1C2CCCC21. The van der Waals surface area contributed by atoms with E-state index < -0.39 is 0 Å². The van der Waals surface area contributed by atoms with Gasteiger partial charge >= 0.3 is 6.09 Å². The first kappa shape index (κ1) is 9.81. The van der Waals surface area contributed by atoms with Crippen molar-refractivity contribution >= 4 is 6.09 Å². The molecule has 0 spiro atoms. The molecule has 0 aliphatic heterocycles. The van der Waals surface area contributed by atoms with Crippen molar-refractivity contribution in [2.24, 2.45) is 11.8 Å². The van der Waals surface area contributed by atoms with Crippen molar-refractivity contribution in [2.75, 3.05) is 0 Å². The average Bonchev–Trinajstić information content (AvgIpc) is 2.50. The van der Waals surface area contributed by atoms with Gasteiger partial charge in [-0.1, -0.05) is 6.42 Å². The summed E-state index contributed by atoms with van der Waals surface area (Å²) in [5.41, 5.74) is -0.381. The van der Waals surface area contributed by atoms with Crippen LogP contribution < -0.4 is 5.32 Å². The van der Waals surface area contributed by atoms with Gasteiger partial charge in [-0.3, -0.25) is 0 Å². The molecule has 14 heavy (non-hydrogen) atoms. The van der Waals surface area contributed by atoms with Gasteiger partial charge in [0.05, 0.1) is 0 Å². The highest BCUT2D eigenvalue weighted by molar-refractivity contribution is 5.68. The molecule has 2 unspecified atom stereocenters. The number of alkyl carbamates (subject to hydrolysis) is 1. The summed E-state index contributed by atoms with van der Waals surface area (Å²) in [6.45, 7) is 5.67. The highest BCUT2D eigenvalue weighted by Crippen LogP contribution is 2.51. The van der Waals surface area contributed by atoms with Crippen molar-refractivity contribution in [3.63, 3.8) is 0 Å². The smallest absolute Gasteiger partial charge is 0.407 e. The molecular weight excluding hydrogens is 178 g/mol. The van der Waals surface area contributed by atoms with Crippen LogP contribution in [0.25, 0.3) is 0 Å². The summed E-state index contributed by atoms with van der Waals surface area (Å²) in [7, 11) is 0. The predicted molar refractivity (Wildman–Crippen MR) is 54.0 cm³/mol. The fourth-order valence-electron chi connectivity index (χ4n) is 2.48. The maximum absolute atomic E-state index is 11.4. The van der Waals surface area contributed by atoms with Gasteiger partial charge in [-0.15, -0.1) is 0 Å². The van der Waals surface area contributed by atoms with Gasteiger partial charge in [0.15, 0.2) is 0 Å². The van der Waals surface area contributed by atoms with Crippen molar-refractivity contribution < 1.29 is 9.53 Å². The third-order valence-electron chi connectivity index (χ3n) is 3.09.